The van der Waals surface area contributed by atoms with Gasteiger partial charge >= 0.3 is 10.1 Å². The number of hydrogen-bond acceptors (Lipinski definition) is 1. The van der Waals surface area contributed by atoms with Crippen LogP contribution >= 0.6 is 0 Å². The molecular formula is C4H9BeNO. The molecule has 1 N–H and O–H groups in total. The van der Waals surface area contributed by atoms with E-state index >= 15 is 0 Å². The molecule has 0 unspecified atom stereocenters. The first-order valence-electron chi connectivity index (χ1n) is 2.16. The van der Waals surface area contributed by atoms with E-state index in [2.05, 4.69) is 5.32 Å². The third-order valence-electron chi connectivity index (χ3n) is 0.903. The fourth-order valence-corrected chi connectivity index (χ4v) is 0.565. The molecule has 0 saturated carbocycles. The van der Waals surface area contributed by atoms with Gasteiger partial charge in [-0.25, -0.2) is 0 Å². The zero-order valence-corrected chi connectivity index (χ0v) is 3.53. The Labute approximate surface area is 46.5 Å². The van der Waals surface area contributed by atoms with E-state index in [9.17, 15) is 4.79 Å². The monoisotopic (exact) mass is 96.1 g/mol. The summed E-state index contributed by atoms with van der Waals surface area (Å²) in [6.45, 7) is 0.888. The Morgan fingerprint density at radius 1 is 1.57 bits per heavy atom. The van der Waals surface area contributed by atoms with Gasteiger partial charge in [0.15, 0.2) is 0 Å². The minimum atomic E-state index is 0. The summed E-state index contributed by atoms with van der Waals surface area (Å²) in [7, 11) is 0. The van der Waals surface area contributed by atoms with E-state index in [0.717, 1.165) is 19.4 Å². The van der Waals surface area contributed by atoms with Gasteiger partial charge in [0.25, 0.3) is 0 Å². The van der Waals surface area contributed by atoms with Crippen LogP contribution in [0.1, 0.15) is 12.8 Å². The van der Waals surface area contributed by atoms with Crippen LogP contribution < -0.4 is 5.32 Å². The van der Waals surface area contributed by atoms with Crippen LogP contribution in [0.15, 0.2) is 0 Å². The van der Waals surface area contributed by atoms with Crippen molar-refractivity contribution in [2.24, 2.45) is 0 Å². The molecule has 1 aliphatic rings. The molecule has 1 amide bonds. The number of hydrogen-bond donors (Lipinski definition) is 1. The summed E-state index contributed by atoms with van der Waals surface area (Å²) in [5.41, 5.74) is 0. The topological polar surface area (TPSA) is 29.1 Å². The van der Waals surface area contributed by atoms with E-state index in [1.54, 1.807) is 0 Å². The van der Waals surface area contributed by atoms with Crippen molar-refractivity contribution in [2.45, 2.75) is 12.8 Å². The average molecular weight is 96.1 g/mol. The van der Waals surface area contributed by atoms with Crippen LogP contribution in [0, 0.1) is 0 Å². The van der Waals surface area contributed by atoms with Crippen molar-refractivity contribution < 1.29 is 4.79 Å². The summed E-state index contributed by atoms with van der Waals surface area (Å²) in [6, 6.07) is 0. The maximum absolute atomic E-state index is 10.1. The fraction of sp³-hybridized carbons (Fsp3) is 0.750. The van der Waals surface area contributed by atoms with Crippen LogP contribution in [0.25, 0.3) is 0 Å². The molecule has 0 aromatic rings. The molecule has 0 bridgehead atoms. The normalized spacial score (nSPS) is 18.0. The number of carbonyl (C=O) groups excluding carboxylic acids is 1. The molecule has 1 heterocycles. The summed E-state index contributed by atoms with van der Waals surface area (Å²) in [6.07, 6.45) is 1.76. The van der Waals surface area contributed by atoms with Gasteiger partial charge in [0.1, 0.15) is 0 Å². The molecule has 0 radical (unpaired) electrons. The summed E-state index contributed by atoms with van der Waals surface area (Å²) in [5.74, 6) is 0.204. The van der Waals surface area contributed by atoms with E-state index in [1.807, 2.05) is 0 Å². The first-order chi connectivity index (χ1) is 2.89. The molecule has 1 aliphatic heterocycles. The summed E-state index contributed by atoms with van der Waals surface area (Å²) >= 11 is 0. The zero-order chi connectivity index (χ0) is 4.41. The van der Waals surface area contributed by atoms with E-state index in [1.165, 1.54) is 0 Å². The fourth-order valence-electron chi connectivity index (χ4n) is 0.565. The van der Waals surface area contributed by atoms with Gasteiger partial charge in [-0.3, -0.25) is 4.79 Å². The molecule has 1 rings (SSSR count). The molecule has 0 spiro atoms. The van der Waals surface area contributed by atoms with Crippen molar-refractivity contribution in [3.63, 3.8) is 0 Å². The van der Waals surface area contributed by atoms with E-state index < -0.39 is 0 Å². The van der Waals surface area contributed by atoms with Crippen molar-refractivity contribution in [1.29, 1.82) is 0 Å². The van der Waals surface area contributed by atoms with Gasteiger partial charge in [-0.05, 0) is 6.42 Å². The predicted octanol–water partition coefficient (Wildman–Crippen LogP) is -1.02. The van der Waals surface area contributed by atoms with Gasteiger partial charge in [0.05, 0.1) is 0 Å². The van der Waals surface area contributed by atoms with Crippen molar-refractivity contribution in [2.75, 3.05) is 6.54 Å². The molecule has 0 aromatic carbocycles. The Bertz CT molecular complexity index is 66.1. The van der Waals surface area contributed by atoms with Crippen molar-refractivity contribution in [1.82, 2.24) is 5.32 Å². The number of nitrogens with one attached hydrogen (secondary N) is 1. The maximum atomic E-state index is 10.1. The second-order valence-electron chi connectivity index (χ2n) is 1.45. The number of carbonyl (C=O) groups is 1. The molecule has 1 saturated heterocycles. The second-order valence-corrected chi connectivity index (χ2v) is 1.45. The van der Waals surface area contributed by atoms with Crippen LogP contribution in [0.5, 0.6) is 0 Å². The minimum absolute atomic E-state index is 0. The van der Waals surface area contributed by atoms with Crippen LogP contribution in [0.4, 0.5) is 0 Å². The Kier molecular flexibility index (Phi) is 2.61. The van der Waals surface area contributed by atoms with Crippen molar-refractivity contribution >= 4 is 16.0 Å². The Balaban J connectivity index is 0.000000360. The SMILES string of the molecule is O=C1CCCN1.[BeH2]. The van der Waals surface area contributed by atoms with Crippen LogP contribution in [0.2, 0.25) is 0 Å². The molecule has 1 fully saturated rings. The zero-order valence-electron chi connectivity index (χ0n) is 3.53. The van der Waals surface area contributed by atoms with Crippen molar-refractivity contribution in [3.8, 4) is 0 Å². The molecule has 2 nitrogen and oxygen atoms in total. The van der Waals surface area contributed by atoms with Crippen LogP contribution in [-0.4, -0.2) is 22.6 Å². The van der Waals surface area contributed by atoms with E-state index in [4.69, 9.17) is 0 Å². The molecule has 0 atom stereocenters. The predicted molar refractivity (Wildman–Crippen MR) is 30.8 cm³/mol. The molecule has 3 heteroatoms. The molecule has 0 aromatic heterocycles. The quantitative estimate of drug-likeness (QED) is 0.384. The summed E-state index contributed by atoms with van der Waals surface area (Å²) in [4.78, 5) is 10.1. The molecule has 7 heavy (non-hydrogen) atoms. The first-order valence-corrected chi connectivity index (χ1v) is 2.16. The Hall–Kier alpha value is -0.361. The van der Waals surface area contributed by atoms with Crippen LogP contribution in [-0.2, 0) is 4.79 Å². The molecular weight excluding hydrogens is 87.1 g/mol. The third-order valence-corrected chi connectivity index (χ3v) is 0.903. The Morgan fingerprint density at radius 2 is 2.29 bits per heavy atom. The van der Waals surface area contributed by atoms with Gasteiger partial charge < -0.3 is 5.32 Å². The third kappa shape index (κ3) is 1.69. The molecule has 38 valence electrons. The van der Waals surface area contributed by atoms with E-state index in [0.29, 0.717) is 0 Å². The van der Waals surface area contributed by atoms with Crippen LogP contribution in [0.3, 0.4) is 0 Å². The standard InChI is InChI=1S/C4H7NO.Be.2H/c6-4-2-1-3-5-4;;;/h1-3H2,(H,5,6);;;. The van der Waals surface area contributed by atoms with Gasteiger partial charge in [0.2, 0.25) is 5.91 Å². The van der Waals surface area contributed by atoms with Gasteiger partial charge in [-0.1, -0.05) is 0 Å². The Morgan fingerprint density at radius 3 is 2.43 bits per heavy atom. The summed E-state index contributed by atoms with van der Waals surface area (Å²) in [5, 5.41) is 2.68. The van der Waals surface area contributed by atoms with E-state index in [-0.39, 0.29) is 16.0 Å². The number of amides is 1. The summed E-state index contributed by atoms with van der Waals surface area (Å²) < 4.78 is 0. The molecule has 0 aliphatic carbocycles. The second kappa shape index (κ2) is 2.75. The first kappa shape index (κ1) is 6.64. The van der Waals surface area contributed by atoms with Crippen molar-refractivity contribution in [3.05, 3.63) is 0 Å². The van der Waals surface area contributed by atoms with Gasteiger partial charge in [0, 0.05) is 13.0 Å². The number of rotatable bonds is 0. The van der Waals surface area contributed by atoms with Gasteiger partial charge in [-0.15, -0.1) is 0 Å². The van der Waals surface area contributed by atoms with Gasteiger partial charge in [-0.2, -0.15) is 0 Å². The average Bonchev–Trinajstić information content (AvgIpc) is 1.86.